The molecule has 0 aliphatic rings. The highest BCUT2D eigenvalue weighted by Crippen LogP contribution is 2.11. The molecule has 0 spiro atoms. The van der Waals surface area contributed by atoms with Crippen LogP contribution in [0.2, 0.25) is 0 Å². The zero-order chi connectivity index (χ0) is 13.1. The molecule has 0 aliphatic heterocycles. The van der Waals surface area contributed by atoms with E-state index in [4.69, 9.17) is 0 Å². The van der Waals surface area contributed by atoms with E-state index >= 15 is 0 Å². The highest BCUT2D eigenvalue weighted by Gasteiger charge is 2.22. The minimum atomic E-state index is -3.44. The molecule has 1 aromatic rings. The van der Waals surface area contributed by atoms with Gasteiger partial charge in [0.2, 0.25) is 0 Å². The third kappa shape index (κ3) is 3.52. The fraction of sp³-hybridized carbons (Fsp3) is 0.700. The summed E-state index contributed by atoms with van der Waals surface area (Å²) in [7, 11) is 1.96. The molecule has 0 amide bonds. The van der Waals surface area contributed by atoms with E-state index in [9.17, 15) is 8.42 Å². The maximum Gasteiger partial charge on any atom is 0.259 e. The van der Waals surface area contributed by atoms with E-state index in [1.54, 1.807) is 7.05 Å². The summed E-state index contributed by atoms with van der Waals surface area (Å²) in [6.45, 7) is 3.06. The Labute approximate surface area is 103 Å². The smallest absolute Gasteiger partial charge is 0.259 e. The summed E-state index contributed by atoms with van der Waals surface area (Å²) >= 11 is 0. The number of nitrogens with one attached hydrogen (secondary N) is 1. The molecule has 0 saturated heterocycles. The van der Waals surface area contributed by atoms with Crippen molar-refractivity contribution >= 4 is 10.0 Å². The van der Waals surface area contributed by atoms with Gasteiger partial charge < -0.3 is 9.88 Å². The van der Waals surface area contributed by atoms with Crippen LogP contribution in [-0.4, -0.2) is 61.8 Å². The molecule has 0 radical (unpaired) electrons. The molecule has 0 atom stereocenters. The molecule has 0 fully saturated rings. The Morgan fingerprint density at radius 1 is 1.29 bits per heavy atom. The first-order chi connectivity index (χ1) is 7.87. The number of likely N-dealkylation sites (N-methyl/N-ethyl adjacent to an activating group) is 2. The zero-order valence-corrected chi connectivity index (χ0v) is 11.6. The van der Waals surface area contributed by atoms with Crippen LogP contribution in [0, 0.1) is 0 Å². The van der Waals surface area contributed by atoms with Gasteiger partial charge in [0.15, 0.2) is 5.03 Å². The number of sulfonamides is 1. The standard InChI is InChI=1S/C10H20N4O2S/c1-5-9-11-8-10(12-9)17(15,16)14(4)7-6-13(2)3/h8H,5-7H2,1-4H3,(H,11,12). The van der Waals surface area contributed by atoms with Crippen LogP contribution in [0.5, 0.6) is 0 Å². The Kier molecular flexibility index (Phi) is 4.67. The first kappa shape index (κ1) is 14.1. The Balaban J connectivity index is 2.79. The number of hydrogen-bond donors (Lipinski definition) is 1. The monoisotopic (exact) mass is 260 g/mol. The van der Waals surface area contributed by atoms with Crippen molar-refractivity contribution in [3.05, 3.63) is 12.0 Å². The first-order valence-corrected chi connectivity index (χ1v) is 6.97. The molecule has 98 valence electrons. The molecule has 7 heteroatoms. The van der Waals surface area contributed by atoms with Gasteiger partial charge in [0, 0.05) is 26.6 Å². The van der Waals surface area contributed by atoms with E-state index in [0.29, 0.717) is 25.3 Å². The molecular formula is C10H20N4O2S. The SMILES string of the molecule is CCc1ncc(S(=O)(=O)N(C)CCN(C)C)[nH]1. The van der Waals surface area contributed by atoms with Gasteiger partial charge in [0.25, 0.3) is 10.0 Å². The third-order valence-electron chi connectivity index (χ3n) is 2.49. The van der Waals surface area contributed by atoms with Gasteiger partial charge in [-0.15, -0.1) is 0 Å². The van der Waals surface area contributed by atoms with Gasteiger partial charge >= 0.3 is 0 Å². The highest BCUT2D eigenvalue weighted by molar-refractivity contribution is 7.89. The first-order valence-electron chi connectivity index (χ1n) is 5.53. The number of imidazole rings is 1. The predicted molar refractivity (Wildman–Crippen MR) is 66.3 cm³/mol. The van der Waals surface area contributed by atoms with Gasteiger partial charge in [0.1, 0.15) is 5.82 Å². The molecule has 0 saturated carbocycles. The predicted octanol–water partition coefficient (Wildman–Crippen LogP) is 0.154. The largest absolute Gasteiger partial charge is 0.332 e. The second-order valence-corrected chi connectivity index (χ2v) is 6.19. The van der Waals surface area contributed by atoms with E-state index < -0.39 is 10.0 Å². The Morgan fingerprint density at radius 3 is 2.41 bits per heavy atom. The second-order valence-electron chi connectivity index (χ2n) is 4.18. The summed E-state index contributed by atoms with van der Waals surface area (Å²) in [6, 6.07) is 0. The molecule has 1 heterocycles. The lowest BCUT2D eigenvalue weighted by Gasteiger charge is -2.18. The fourth-order valence-electron chi connectivity index (χ4n) is 1.28. The van der Waals surface area contributed by atoms with Crippen molar-refractivity contribution in [3.63, 3.8) is 0 Å². The summed E-state index contributed by atoms with van der Waals surface area (Å²) in [5.41, 5.74) is 0. The van der Waals surface area contributed by atoms with Crippen LogP contribution in [0.3, 0.4) is 0 Å². The van der Waals surface area contributed by atoms with Crippen molar-refractivity contribution in [1.82, 2.24) is 19.2 Å². The zero-order valence-electron chi connectivity index (χ0n) is 10.8. The lowest BCUT2D eigenvalue weighted by atomic mass is 10.5. The molecule has 1 N–H and O–H groups in total. The second kappa shape index (κ2) is 5.61. The van der Waals surface area contributed by atoms with Crippen LogP contribution in [0.4, 0.5) is 0 Å². The number of H-pyrrole nitrogens is 1. The number of aromatic nitrogens is 2. The van der Waals surface area contributed by atoms with E-state index in [1.807, 2.05) is 25.9 Å². The van der Waals surface area contributed by atoms with E-state index in [0.717, 1.165) is 0 Å². The van der Waals surface area contributed by atoms with Crippen molar-refractivity contribution in [2.45, 2.75) is 18.4 Å². The van der Waals surface area contributed by atoms with Gasteiger partial charge in [-0.2, -0.15) is 4.31 Å². The Hall–Kier alpha value is -0.920. The lowest BCUT2D eigenvalue weighted by molar-refractivity contribution is 0.358. The van der Waals surface area contributed by atoms with Crippen LogP contribution in [0.25, 0.3) is 0 Å². The number of rotatable bonds is 6. The maximum absolute atomic E-state index is 12.1. The molecule has 0 aliphatic carbocycles. The van der Waals surface area contributed by atoms with Crippen molar-refractivity contribution in [1.29, 1.82) is 0 Å². The topological polar surface area (TPSA) is 69.3 Å². The number of aromatic amines is 1. The molecule has 1 aromatic heterocycles. The van der Waals surface area contributed by atoms with Crippen LogP contribution < -0.4 is 0 Å². The molecule has 0 aromatic carbocycles. The van der Waals surface area contributed by atoms with Crippen LogP contribution in [-0.2, 0) is 16.4 Å². The minimum absolute atomic E-state index is 0.163. The molecular weight excluding hydrogens is 240 g/mol. The van der Waals surface area contributed by atoms with E-state index in [1.165, 1.54) is 10.5 Å². The van der Waals surface area contributed by atoms with Crippen molar-refractivity contribution in [2.75, 3.05) is 34.2 Å². The summed E-state index contributed by atoms with van der Waals surface area (Å²) < 4.78 is 25.6. The van der Waals surface area contributed by atoms with Gasteiger partial charge in [-0.1, -0.05) is 6.92 Å². The molecule has 6 nitrogen and oxygen atoms in total. The third-order valence-corrected chi connectivity index (χ3v) is 4.26. The van der Waals surface area contributed by atoms with Crippen LogP contribution in [0.1, 0.15) is 12.7 Å². The maximum atomic E-state index is 12.1. The minimum Gasteiger partial charge on any atom is -0.332 e. The van der Waals surface area contributed by atoms with Crippen molar-refractivity contribution in [2.24, 2.45) is 0 Å². The highest BCUT2D eigenvalue weighted by atomic mass is 32.2. The number of nitrogens with zero attached hydrogens (tertiary/aromatic N) is 3. The quantitative estimate of drug-likeness (QED) is 0.791. The lowest BCUT2D eigenvalue weighted by Crippen LogP contribution is -2.33. The van der Waals surface area contributed by atoms with E-state index in [-0.39, 0.29) is 5.03 Å². The molecule has 0 bridgehead atoms. The average Bonchev–Trinajstić information content (AvgIpc) is 2.74. The summed E-state index contributed by atoms with van der Waals surface area (Å²) in [6.07, 6.45) is 2.07. The van der Waals surface area contributed by atoms with Gasteiger partial charge in [-0.25, -0.2) is 13.4 Å². The summed E-state index contributed by atoms with van der Waals surface area (Å²) in [4.78, 5) is 8.77. The normalized spacial score (nSPS) is 12.6. The van der Waals surface area contributed by atoms with Crippen LogP contribution >= 0.6 is 0 Å². The molecule has 17 heavy (non-hydrogen) atoms. The number of aryl methyl sites for hydroxylation is 1. The Morgan fingerprint density at radius 2 is 1.94 bits per heavy atom. The van der Waals surface area contributed by atoms with Gasteiger partial charge in [-0.3, -0.25) is 0 Å². The fourth-order valence-corrected chi connectivity index (χ4v) is 2.37. The summed E-state index contributed by atoms with van der Waals surface area (Å²) in [5, 5.41) is 0.163. The number of hydrogen-bond acceptors (Lipinski definition) is 4. The molecule has 0 unspecified atom stereocenters. The van der Waals surface area contributed by atoms with Crippen LogP contribution in [0.15, 0.2) is 11.2 Å². The van der Waals surface area contributed by atoms with Gasteiger partial charge in [-0.05, 0) is 14.1 Å². The molecule has 1 rings (SSSR count). The average molecular weight is 260 g/mol. The summed E-state index contributed by atoms with van der Waals surface area (Å²) in [5.74, 6) is 0.685. The Bertz CT molecular complexity index is 453. The van der Waals surface area contributed by atoms with Crippen molar-refractivity contribution in [3.8, 4) is 0 Å². The van der Waals surface area contributed by atoms with Gasteiger partial charge in [0.05, 0.1) is 6.20 Å². The van der Waals surface area contributed by atoms with E-state index in [2.05, 4.69) is 9.97 Å². The van der Waals surface area contributed by atoms with Crippen molar-refractivity contribution < 1.29 is 8.42 Å².